The quantitative estimate of drug-likeness (QED) is 0.928. The van der Waals surface area contributed by atoms with Crippen molar-refractivity contribution in [2.45, 2.75) is 13.5 Å². The van der Waals surface area contributed by atoms with Crippen molar-refractivity contribution in [2.24, 2.45) is 0 Å². The van der Waals surface area contributed by atoms with Gasteiger partial charge in [0, 0.05) is 16.1 Å². The van der Waals surface area contributed by atoms with E-state index in [2.05, 4.69) is 10.3 Å². The van der Waals surface area contributed by atoms with E-state index in [0.29, 0.717) is 17.3 Å². The molecule has 0 atom stereocenters. The summed E-state index contributed by atoms with van der Waals surface area (Å²) in [5, 5.41) is 5.34. The largest absolute Gasteiger partial charge is 0.346 e. The second kappa shape index (κ2) is 5.29. The highest BCUT2D eigenvalue weighted by Gasteiger charge is 2.08. The molecule has 3 nitrogen and oxygen atoms in total. The van der Waals surface area contributed by atoms with Crippen LogP contribution in [0.2, 0.25) is 5.02 Å². The summed E-state index contributed by atoms with van der Waals surface area (Å²) < 4.78 is 0. The van der Waals surface area contributed by atoms with Gasteiger partial charge >= 0.3 is 0 Å². The Hall–Kier alpha value is -1.39. The highest BCUT2D eigenvalue weighted by Crippen LogP contribution is 2.15. The Labute approximate surface area is 108 Å². The average molecular weight is 267 g/mol. The van der Waals surface area contributed by atoms with E-state index >= 15 is 0 Å². The number of hydrogen-bond donors (Lipinski definition) is 1. The first-order valence-electron chi connectivity index (χ1n) is 5.09. The maximum Gasteiger partial charge on any atom is 0.270 e. The molecule has 0 aliphatic carbocycles. The normalized spacial score (nSPS) is 10.2. The van der Waals surface area contributed by atoms with Crippen LogP contribution in [0.1, 0.15) is 20.9 Å². The zero-order chi connectivity index (χ0) is 12.3. The van der Waals surface area contributed by atoms with Gasteiger partial charge in [-0.2, -0.15) is 0 Å². The number of pyridine rings is 1. The van der Waals surface area contributed by atoms with Gasteiger partial charge in [-0.05, 0) is 36.1 Å². The van der Waals surface area contributed by atoms with Gasteiger partial charge in [0.25, 0.3) is 5.91 Å². The lowest BCUT2D eigenvalue weighted by Crippen LogP contribution is -2.23. The van der Waals surface area contributed by atoms with Gasteiger partial charge < -0.3 is 5.32 Å². The molecule has 17 heavy (non-hydrogen) atoms. The summed E-state index contributed by atoms with van der Waals surface area (Å²) in [6.07, 6.45) is 1.52. The molecule has 0 fully saturated rings. The lowest BCUT2D eigenvalue weighted by Gasteiger charge is -2.04. The van der Waals surface area contributed by atoms with Crippen LogP contribution in [0.25, 0.3) is 0 Å². The molecule has 0 aliphatic heterocycles. The molecule has 1 N–H and O–H groups in total. The molecule has 0 saturated heterocycles. The van der Waals surface area contributed by atoms with Crippen molar-refractivity contribution in [3.8, 4) is 0 Å². The maximum atomic E-state index is 11.8. The number of halogens is 1. The summed E-state index contributed by atoms with van der Waals surface area (Å²) in [7, 11) is 0. The minimum Gasteiger partial charge on any atom is -0.346 e. The molecule has 0 spiro atoms. The van der Waals surface area contributed by atoms with E-state index in [1.165, 1.54) is 11.8 Å². The number of aromatic nitrogens is 1. The van der Waals surface area contributed by atoms with Gasteiger partial charge in [0.05, 0.1) is 6.54 Å². The number of hydrogen-bond acceptors (Lipinski definition) is 3. The smallest absolute Gasteiger partial charge is 0.270 e. The Bertz CT molecular complexity index is 539. The second-order valence-electron chi connectivity index (χ2n) is 3.57. The van der Waals surface area contributed by atoms with Gasteiger partial charge in [0.15, 0.2) is 0 Å². The SMILES string of the molecule is Cc1ccsc1CNC(=O)c1cc(Cl)ccn1. The lowest BCUT2D eigenvalue weighted by molar-refractivity contribution is 0.0946. The molecular weight excluding hydrogens is 256 g/mol. The summed E-state index contributed by atoms with van der Waals surface area (Å²) in [5.74, 6) is -0.208. The number of thiophene rings is 1. The number of amides is 1. The van der Waals surface area contributed by atoms with Crippen molar-refractivity contribution in [3.63, 3.8) is 0 Å². The number of carbonyl (C=O) groups is 1. The molecule has 5 heteroatoms. The predicted molar refractivity (Wildman–Crippen MR) is 69.5 cm³/mol. The van der Waals surface area contributed by atoms with Gasteiger partial charge in [-0.15, -0.1) is 11.3 Å². The Morgan fingerprint density at radius 3 is 3.00 bits per heavy atom. The molecule has 88 valence electrons. The molecule has 0 saturated carbocycles. The van der Waals surface area contributed by atoms with Crippen molar-refractivity contribution < 1.29 is 4.79 Å². The number of nitrogens with one attached hydrogen (secondary N) is 1. The zero-order valence-corrected chi connectivity index (χ0v) is 10.8. The first kappa shape index (κ1) is 12.1. The Morgan fingerprint density at radius 2 is 2.35 bits per heavy atom. The van der Waals surface area contributed by atoms with Gasteiger partial charge in [-0.1, -0.05) is 11.6 Å². The van der Waals surface area contributed by atoms with Crippen LogP contribution in [-0.4, -0.2) is 10.9 Å². The van der Waals surface area contributed by atoms with E-state index in [9.17, 15) is 4.79 Å². The Kier molecular flexibility index (Phi) is 3.76. The molecule has 0 aliphatic rings. The van der Waals surface area contributed by atoms with Crippen LogP contribution in [0, 0.1) is 6.92 Å². The maximum absolute atomic E-state index is 11.8. The second-order valence-corrected chi connectivity index (χ2v) is 5.01. The average Bonchev–Trinajstić information content (AvgIpc) is 2.72. The van der Waals surface area contributed by atoms with Crippen LogP contribution < -0.4 is 5.32 Å². The fourth-order valence-corrected chi connectivity index (χ4v) is 2.37. The lowest BCUT2D eigenvalue weighted by atomic mass is 10.3. The van der Waals surface area contributed by atoms with Gasteiger partial charge in [0.2, 0.25) is 0 Å². The molecule has 1 amide bonds. The third kappa shape index (κ3) is 3.05. The molecular formula is C12H11ClN2OS. The summed E-state index contributed by atoms with van der Waals surface area (Å²) >= 11 is 7.42. The summed E-state index contributed by atoms with van der Waals surface area (Å²) in [6.45, 7) is 2.55. The predicted octanol–water partition coefficient (Wildman–Crippen LogP) is 3.03. The van der Waals surface area contributed by atoms with Crippen LogP contribution in [0.15, 0.2) is 29.8 Å². The third-order valence-corrected chi connectivity index (χ3v) is 3.59. The molecule has 2 rings (SSSR count). The van der Waals surface area contributed by atoms with E-state index in [-0.39, 0.29) is 5.91 Å². The van der Waals surface area contributed by atoms with Gasteiger partial charge in [-0.25, -0.2) is 0 Å². The molecule has 2 aromatic rings. The van der Waals surface area contributed by atoms with E-state index < -0.39 is 0 Å². The first-order chi connectivity index (χ1) is 8.16. The highest BCUT2D eigenvalue weighted by molar-refractivity contribution is 7.10. The van der Waals surface area contributed by atoms with Crippen molar-refractivity contribution in [2.75, 3.05) is 0 Å². The highest BCUT2D eigenvalue weighted by atomic mass is 35.5. The summed E-state index contributed by atoms with van der Waals surface area (Å²) in [5.41, 5.74) is 1.53. The van der Waals surface area contributed by atoms with E-state index in [1.54, 1.807) is 23.5 Å². The van der Waals surface area contributed by atoms with Crippen LogP contribution in [0.4, 0.5) is 0 Å². The van der Waals surface area contributed by atoms with Crippen LogP contribution >= 0.6 is 22.9 Å². The summed E-state index contributed by atoms with van der Waals surface area (Å²) in [6, 6.07) is 5.23. The van der Waals surface area contributed by atoms with Crippen LogP contribution in [-0.2, 0) is 6.54 Å². The topological polar surface area (TPSA) is 42.0 Å². The summed E-state index contributed by atoms with van der Waals surface area (Å²) in [4.78, 5) is 16.9. The molecule has 2 aromatic heterocycles. The standard InChI is InChI=1S/C12H11ClN2OS/c1-8-3-5-17-11(8)7-15-12(16)10-6-9(13)2-4-14-10/h2-6H,7H2,1H3,(H,15,16). The van der Waals surface area contributed by atoms with Crippen LogP contribution in [0.3, 0.4) is 0 Å². The molecule has 0 bridgehead atoms. The monoisotopic (exact) mass is 266 g/mol. The Morgan fingerprint density at radius 1 is 1.53 bits per heavy atom. The molecule has 0 unspecified atom stereocenters. The minimum atomic E-state index is -0.208. The minimum absolute atomic E-state index is 0.208. The molecule has 0 aromatic carbocycles. The number of nitrogens with zero attached hydrogens (tertiary/aromatic N) is 1. The van der Waals surface area contributed by atoms with Gasteiger partial charge in [0.1, 0.15) is 5.69 Å². The fourth-order valence-electron chi connectivity index (χ4n) is 1.37. The number of aryl methyl sites for hydroxylation is 1. The Balaban J connectivity index is 2.01. The zero-order valence-electron chi connectivity index (χ0n) is 9.24. The third-order valence-electron chi connectivity index (χ3n) is 2.33. The number of rotatable bonds is 3. The molecule has 2 heterocycles. The van der Waals surface area contributed by atoms with E-state index in [0.717, 1.165) is 4.88 Å². The van der Waals surface area contributed by atoms with E-state index in [4.69, 9.17) is 11.6 Å². The first-order valence-corrected chi connectivity index (χ1v) is 6.35. The van der Waals surface area contributed by atoms with Crippen molar-refractivity contribution in [3.05, 3.63) is 50.9 Å². The van der Waals surface area contributed by atoms with Crippen molar-refractivity contribution >= 4 is 28.8 Å². The van der Waals surface area contributed by atoms with E-state index in [1.807, 2.05) is 18.4 Å². The van der Waals surface area contributed by atoms with Crippen molar-refractivity contribution in [1.29, 1.82) is 0 Å². The molecule has 0 radical (unpaired) electrons. The van der Waals surface area contributed by atoms with Crippen LogP contribution in [0.5, 0.6) is 0 Å². The number of carbonyl (C=O) groups excluding carboxylic acids is 1. The van der Waals surface area contributed by atoms with Gasteiger partial charge in [-0.3, -0.25) is 9.78 Å². The van der Waals surface area contributed by atoms with Crippen molar-refractivity contribution in [1.82, 2.24) is 10.3 Å². The fraction of sp³-hybridized carbons (Fsp3) is 0.167.